The summed E-state index contributed by atoms with van der Waals surface area (Å²) in [4.78, 5) is 36.2. The smallest absolute Gasteiger partial charge is 0.273 e. The average Bonchev–Trinajstić information content (AvgIpc) is 2.72. The third-order valence-corrected chi connectivity index (χ3v) is 3.41. The van der Waals surface area contributed by atoms with Crippen molar-refractivity contribution in [2.75, 3.05) is 6.61 Å². The molecule has 94 valence electrons. The summed E-state index contributed by atoms with van der Waals surface area (Å²) >= 11 is 0. The molecule has 0 aliphatic carbocycles. The number of ether oxygens (including phenoxy) is 1. The predicted molar refractivity (Wildman–Crippen MR) is 61.5 cm³/mol. The van der Waals surface area contributed by atoms with Gasteiger partial charge in [-0.25, -0.2) is 0 Å². The molecule has 3 rings (SSSR count). The molecule has 0 unspecified atom stereocenters. The second-order valence-corrected chi connectivity index (χ2v) is 4.60. The molecule has 1 amide bonds. The lowest BCUT2D eigenvalue weighted by Gasteiger charge is -2.33. The van der Waals surface area contributed by atoms with Crippen LogP contribution >= 0.6 is 0 Å². The Hall–Kier alpha value is -1.95. The van der Waals surface area contributed by atoms with Crippen molar-refractivity contribution in [3.63, 3.8) is 0 Å². The van der Waals surface area contributed by atoms with E-state index in [0.717, 1.165) is 0 Å². The van der Waals surface area contributed by atoms with Crippen LogP contribution in [-0.4, -0.2) is 40.5 Å². The number of carbonyl (C=O) groups is 2. The molecule has 1 aromatic heterocycles. The Morgan fingerprint density at radius 1 is 1.44 bits per heavy atom. The largest absolute Gasteiger partial charge is 0.354 e. The predicted octanol–water partition coefficient (Wildman–Crippen LogP) is -0.139. The molecule has 1 fully saturated rings. The standard InChI is InChI=1S/C12H12N2O4/c1-7-6-18-11-4-13-3-8(5-15)10(16)2-9(13)12(17)14(7)11/h2-3,5,7,11H,4,6H2,1H3/t7-,11+/m0/s1. The van der Waals surface area contributed by atoms with Gasteiger partial charge in [0.05, 0.1) is 24.8 Å². The van der Waals surface area contributed by atoms with Crippen LogP contribution in [0.1, 0.15) is 27.8 Å². The number of nitrogens with zero attached hydrogens (tertiary/aromatic N) is 2. The van der Waals surface area contributed by atoms with Crippen molar-refractivity contribution in [1.82, 2.24) is 9.47 Å². The number of aromatic nitrogens is 1. The topological polar surface area (TPSA) is 68.6 Å². The van der Waals surface area contributed by atoms with E-state index in [4.69, 9.17) is 4.74 Å². The molecular formula is C12H12N2O4. The summed E-state index contributed by atoms with van der Waals surface area (Å²) in [5.41, 5.74) is -0.0407. The number of amides is 1. The van der Waals surface area contributed by atoms with Crippen molar-refractivity contribution in [3.8, 4) is 0 Å². The van der Waals surface area contributed by atoms with Gasteiger partial charge in [-0.2, -0.15) is 0 Å². The van der Waals surface area contributed by atoms with Crippen LogP contribution in [0.4, 0.5) is 0 Å². The molecule has 2 aliphatic rings. The van der Waals surface area contributed by atoms with Crippen LogP contribution in [0.2, 0.25) is 0 Å². The molecule has 6 heteroatoms. The minimum atomic E-state index is -0.421. The Kier molecular flexibility index (Phi) is 2.34. The summed E-state index contributed by atoms with van der Waals surface area (Å²) < 4.78 is 7.14. The van der Waals surface area contributed by atoms with Crippen molar-refractivity contribution < 1.29 is 14.3 Å². The van der Waals surface area contributed by atoms with E-state index in [-0.39, 0.29) is 23.7 Å². The Morgan fingerprint density at radius 3 is 2.94 bits per heavy atom. The van der Waals surface area contributed by atoms with E-state index in [9.17, 15) is 14.4 Å². The van der Waals surface area contributed by atoms with Crippen LogP contribution in [0.25, 0.3) is 0 Å². The number of fused-ring (bicyclic) bond motifs is 2. The molecule has 0 radical (unpaired) electrons. The number of pyridine rings is 1. The van der Waals surface area contributed by atoms with Crippen LogP contribution in [0.3, 0.4) is 0 Å². The highest BCUT2D eigenvalue weighted by atomic mass is 16.5. The lowest BCUT2D eigenvalue weighted by atomic mass is 10.1. The molecule has 1 aromatic rings. The van der Waals surface area contributed by atoms with Crippen LogP contribution < -0.4 is 5.43 Å². The second-order valence-electron chi connectivity index (χ2n) is 4.60. The second kappa shape index (κ2) is 3.78. The fourth-order valence-electron chi connectivity index (χ4n) is 2.48. The summed E-state index contributed by atoms with van der Waals surface area (Å²) in [6, 6.07) is 1.24. The first-order valence-electron chi connectivity index (χ1n) is 5.75. The molecule has 0 bridgehead atoms. The summed E-state index contributed by atoms with van der Waals surface area (Å²) in [6.07, 6.45) is 1.62. The third kappa shape index (κ3) is 1.42. The monoisotopic (exact) mass is 248 g/mol. The SMILES string of the molecule is C[C@H]1CO[C@@H]2Cn3cc(C=O)c(=O)cc3C(=O)N12. The Balaban J connectivity index is 2.13. The van der Waals surface area contributed by atoms with E-state index < -0.39 is 5.43 Å². The molecule has 3 heterocycles. The van der Waals surface area contributed by atoms with Gasteiger partial charge >= 0.3 is 0 Å². The van der Waals surface area contributed by atoms with Crippen molar-refractivity contribution in [1.29, 1.82) is 0 Å². The Bertz CT molecular complexity index is 592. The van der Waals surface area contributed by atoms with Gasteiger partial charge in [-0.1, -0.05) is 0 Å². The zero-order valence-electron chi connectivity index (χ0n) is 9.83. The minimum absolute atomic E-state index is 0.0112. The fraction of sp³-hybridized carbons (Fsp3) is 0.417. The van der Waals surface area contributed by atoms with Gasteiger partial charge in [0.2, 0.25) is 0 Å². The third-order valence-electron chi connectivity index (χ3n) is 3.41. The van der Waals surface area contributed by atoms with E-state index in [1.54, 1.807) is 9.47 Å². The van der Waals surface area contributed by atoms with Gasteiger partial charge < -0.3 is 14.2 Å². The maximum absolute atomic E-state index is 12.3. The lowest BCUT2D eigenvalue weighted by molar-refractivity contribution is 0.00677. The normalized spacial score (nSPS) is 25.8. The number of hydrogen-bond acceptors (Lipinski definition) is 4. The molecule has 6 nitrogen and oxygen atoms in total. The van der Waals surface area contributed by atoms with Gasteiger partial charge in [-0.15, -0.1) is 0 Å². The lowest BCUT2D eigenvalue weighted by Crippen LogP contribution is -2.48. The van der Waals surface area contributed by atoms with Gasteiger partial charge in [-0.3, -0.25) is 14.4 Å². The summed E-state index contributed by atoms with van der Waals surface area (Å²) in [7, 11) is 0. The maximum atomic E-state index is 12.3. The minimum Gasteiger partial charge on any atom is -0.354 e. The van der Waals surface area contributed by atoms with Crippen LogP contribution in [-0.2, 0) is 11.3 Å². The molecule has 0 N–H and O–H groups in total. The van der Waals surface area contributed by atoms with Crippen LogP contribution in [0, 0.1) is 0 Å². The van der Waals surface area contributed by atoms with E-state index in [1.807, 2.05) is 6.92 Å². The number of hydrogen-bond donors (Lipinski definition) is 0. The fourth-order valence-corrected chi connectivity index (χ4v) is 2.48. The van der Waals surface area contributed by atoms with Gasteiger partial charge in [-0.05, 0) is 6.92 Å². The van der Waals surface area contributed by atoms with Crippen molar-refractivity contribution >= 4 is 12.2 Å². The maximum Gasteiger partial charge on any atom is 0.273 e. The highest BCUT2D eigenvalue weighted by molar-refractivity contribution is 5.94. The Labute approximate surface area is 103 Å². The van der Waals surface area contributed by atoms with Gasteiger partial charge in [0, 0.05) is 12.3 Å². The van der Waals surface area contributed by atoms with E-state index >= 15 is 0 Å². The zero-order chi connectivity index (χ0) is 12.9. The quantitative estimate of drug-likeness (QED) is 0.649. The van der Waals surface area contributed by atoms with Crippen LogP contribution in [0.5, 0.6) is 0 Å². The zero-order valence-corrected chi connectivity index (χ0v) is 9.83. The van der Waals surface area contributed by atoms with E-state index in [2.05, 4.69) is 0 Å². The molecule has 0 aromatic carbocycles. The average molecular weight is 248 g/mol. The number of rotatable bonds is 1. The molecule has 1 saturated heterocycles. The van der Waals surface area contributed by atoms with E-state index in [1.165, 1.54) is 12.3 Å². The van der Waals surface area contributed by atoms with Crippen molar-refractivity contribution in [2.45, 2.75) is 25.7 Å². The van der Waals surface area contributed by atoms with Gasteiger partial charge in [0.1, 0.15) is 5.69 Å². The highest BCUT2D eigenvalue weighted by Gasteiger charge is 2.40. The van der Waals surface area contributed by atoms with Crippen LogP contribution in [0.15, 0.2) is 17.1 Å². The molecule has 2 atom stereocenters. The van der Waals surface area contributed by atoms with Crippen molar-refractivity contribution in [2.24, 2.45) is 0 Å². The van der Waals surface area contributed by atoms with Gasteiger partial charge in [0.15, 0.2) is 17.9 Å². The number of carbonyl (C=O) groups excluding carboxylic acids is 2. The first kappa shape index (κ1) is 11.2. The summed E-state index contributed by atoms with van der Waals surface area (Å²) in [6.45, 7) is 2.85. The van der Waals surface area contributed by atoms with E-state index in [0.29, 0.717) is 25.1 Å². The Morgan fingerprint density at radius 2 is 2.22 bits per heavy atom. The first-order chi connectivity index (χ1) is 8.61. The molecule has 0 saturated carbocycles. The first-order valence-corrected chi connectivity index (χ1v) is 5.75. The van der Waals surface area contributed by atoms with Gasteiger partial charge in [0.25, 0.3) is 5.91 Å². The molecule has 2 aliphatic heterocycles. The van der Waals surface area contributed by atoms with Crippen molar-refractivity contribution in [3.05, 3.63) is 33.7 Å². The molecular weight excluding hydrogens is 236 g/mol. The summed E-state index contributed by atoms with van der Waals surface area (Å²) in [5, 5.41) is 0. The highest BCUT2D eigenvalue weighted by Crippen LogP contribution is 2.25. The molecule has 0 spiro atoms. The summed E-state index contributed by atoms with van der Waals surface area (Å²) in [5.74, 6) is -0.217. The number of aldehydes is 1. The molecule has 18 heavy (non-hydrogen) atoms.